The number of aromatic nitrogens is 2. The molecule has 1 aromatic rings. The Labute approximate surface area is 166 Å². The van der Waals surface area contributed by atoms with E-state index in [-0.39, 0.29) is 29.7 Å². The standard InChI is InChI=1S/C15H27N5O3S.HI/c1-5-13-18-12(19-23-13)7-8-17-14(16-6-2)20-9-10-24(21,22)15(3,4)11-20;/h5-11H2,1-4H3,(H,16,17);1H. The fraction of sp³-hybridized carbons (Fsp3) is 0.800. The summed E-state index contributed by atoms with van der Waals surface area (Å²) in [6.45, 7) is 9.63. The van der Waals surface area contributed by atoms with Gasteiger partial charge in [0.05, 0.1) is 10.5 Å². The summed E-state index contributed by atoms with van der Waals surface area (Å²) in [6.07, 6.45) is 1.31. The Kier molecular flexibility index (Phi) is 8.10. The molecule has 10 heteroatoms. The zero-order valence-corrected chi connectivity index (χ0v) is 18.4. The zero-order chi connectivity index (χ0) is 17.8. The minimum absolute atomic E-state index is 0. The van der Waals surface area contributed by atoms with Gasteiger partial charge in [-0.1, -0.05) is 12.1 Å². The van der Waals surface area contributed by atoms with Crippen molar-refractivity contribution in [2.45, 2.75) is 45.3 Å². The summed E-state index contributed by atoms with van der Waals surface area (Å²) in [5.41, 5.74) is 0. The van der Waals surface area contributed by atoms with Crippen molar-refractivity contribution in [3.8, 4) is 0 Å². The number of halogens is 1. The molecule has 0 atom stereocenters. The summed E-state index contributed by atoms with van der Waals surface area (Å²) in [7, 11) is -3.06. The lowest BCUT2D eigenvalue weighted by Gasteiger charge is -2.39. The molecule has 8 nitrogen and oxygen atoms in total. The Balaban J connectivity index is 0.00000312. The van der Waals surface area contributed by atoms with Crippen molar-refractivity contribution in [2.24, 2.45) is 4.99 Å². The third-order valence-corrected chi connectivity index (χ3v) is 6.62. The summed E-state index contributed by atoms with van der Waals surface area (Å²) in [6, 6.07) is 0. The van der Waals surface area contributed by atoms with Gasteiger partial charge in [-0.05, 0) is 20.8 Å². The summed E-state index contributed by atoms with van der Waals surface area (Å²) in [5, 5.41) is 7.15. The highest BCUT2D eigenvalue weighted by molar-refractivity contribution is 14.0. The molecule has 144 valence electrons. The average molecular weight is 485 g/mol. The van der Waals surface area contributed by atoms with Crippen LogP contribution in [0.4, 0.5) is 0 Å². The van der Waals surface area contributed by atoms with Gasteiger partial charge in [0, 0.05) is 39.0 Å². The van der Waals surface area contributed by atoms with Crippen LogP contribution in [0, 0.1) is 0 Å². The van der Waals surface area contributed by atoms with Crippen LogP contribution in [0.25, 0.3) is 0 Å². The quantitative estimate of drug-likeness (QED) is 0.381. The Morgan fingerprint density at radius 3 is 2.68 bits per heavy atom. The first-order valence-electron chi connectivity index (χ1n) is 8.36. The predicted molar refractivity (Wildman–Crippen MR) is 108 cm³/mol. The summed E-state index contributed by atoms with van der Waals surface area (Å²) in [4.78, 5) is 10.9. The second-order valence-corrected chi connectivity index (χ2v) is 9.19. The molecule has 0 radical (unpaired) electrons. The normalized spacial score (nSPS) is 19.4. The number of aryl methyl sites for hydroxylation is 1. The molecule has 1 aliphatic heterocycles. The molecule has 0 aliphatic carbocycles. The molecule has 0 saturated carbocycles. The molecule has 0 bridgehead atoms. The largest absolute Gasteiger partial charge is 0.357 e. The maximum Gasteiger partial charge on any atom is 0.226 e. The topological polar surface area (TPSA) is 101 Å². The van der Waals surface area contributed by atoms with Gasteiger partial charge < -0.3 is 14.7 Å². The highest BCUT2D eigenvalue weighted by Gasteiger charge is 2.40. The second kappa shape index (κ2) is 9.15. The fourth-order valence-corrected chi connectivity index (χ4v) is 3.91. The van der Waals surface area contributed by atoms with E-state index in [2.05, 4.69) is 20.4 Å². The van der Waals surface area contributed by atoms with Gasteiger partial charge in [-0.2, -0.15) is 4.98 Å². The van der Waals surface area contributed by atoms with E-state index in [1.807, 2.05) is 18.7 Å². The third kappa shape index (κ3) is 5.53. The van der Waals surface area contributed by atoms with E-state index in [0.717, 1.165) is 18.9 Å². The molecule has 2 rings (SSSR count). The highest BCUT2D eigenvalue weighted by Crippen LogP contribution is 2.23. The number of nitrogens with zero attached hydrogens (tertiary/aromatic N) is 4. The van der Waals surface area contributed by atoms with Gasteiger partial charge in [0.1, 0.15) is 0 Å². The van der Waals surface area contributed by atoms with Gasteiger partial charge in [-0.3, -0.25) is 4.99 Å². The maximum absolute atomic E-state index is 12.1. The SMILES string of the molecule is CCNC(=NCCc1noc(CC)n1)N1CCS(=O)(=O)C(C)(C)C1.I. The van der Waals surface area contributed by atoms with Gasteiger partial charge in [0.15, 0.2) is 21.6 Å². The fourth-order valence-electron chi connectivity index (χ4n) is 2.55. The van der Waals surface area contributed by atoms with Crippen molar-refractivity contribution in [3.63, 3.8) is 0 Å². The van der Waals surface area contributed by atoms with Crippen LogP contribution in [0.2, 0.25) is 0 Å². The number of nitrogens with one attached hydrogen (secondary N) is 1. The van der Waals surface area contributed by atoms with Gasteiger partial charge >= 0.3 is 0 Å². The molecule has 0 amide bonds. The molecular weight excluding hydrogens is 457 g/mol. The lowest BCUT2D eigenvalue weighted by Crippen LogP contribution is -2.57. The van der Waals surface area contributed by atoms with Crippen LogP contribution in [0.15, 0.2) is 9.52 Å². The van der Waals surface area contributed by atoms with Gasteiger partial charge in [0.25, 0.3) is 0 Å². The van der Waals surface area contributed by atoms with E-state index in [0.29, 0.717) is 37.8 Å². The lowest BCUT2D eigenvalue weighted by atomic mass is 10.2. The van der Waals surface area contributed by atoms with Crippen LogP contribution in [0.3, 0.4) is 0 Å². The van der Waals surface area contributed by atoms with Crippen LogP contribution < -0.4 is 5.32 Å². The summed E-state index contributed by atoms with van der Waals surface area (Å²) in [5.74, 6) is 2.16. The van der Waals surface area contributed by atoms with E-state index in [1.54, 1.807) is 13.8 Å². The smallest absolute Gasteiger partial charge is 0.226 e. The molecular formula is C15H28IN5O3S. The van der Waals surface area contributed by atoms with E-state index in [1.165, 1.54) is 0 Å². The van der Waals surface area contributed by atoms with Crippen molar-refractivity contribution >= 4 is 39.8 Å². The summed E-state index contributed by atoms with van der Waals surface area (Å²) < 4.78 is 28.6. The first-order chi connectivity index (χ1) is 11.3. The molecule has 1 saturated heterocycles. The summed E-state index contributed by atoms with van der Waals surface area (Å²) >= 11 is 0. The van der Waals surface area contributed by atoms with Crippen LogP contribution in [-0.2, 0) is 22.7 Å². The Morgan fingerprint density at radius 2 is 2.12 bits per heavy atom. The zero-order valence-electron chi connectivity index (χ0n) is 15.3. The van der Waals surface area contributed by atoms with Crippen LogP contribution in [0.5, 0.6) is 0 Å². The predicted octanol–water partition coefficient (Wildman–Crippen LogP) is 1.27. The van der Waals surface area contributed by atoms with E-state index in [9.17, 15) is 8.42 Å². The molecule has 1 aromatic heterocycles. The van der Waals surface area contributed by atoms with Crippen LogP contribution in [0.1, 0.15) is 39.4 Å². The van der Waals surface area contributed by atoms with Crippen LogP contribution >= 0.6 is 24.0 Å². The lowest BCUT2D eigenvalue weighted by molar-refractivity contribution is 0.353. The highest BCUT2D eigenvalue weighted by atomic mass is 127. The van der Waals surface area contributed by atoms with Crippen molar-refractivity contribution in [2.75, 3.05) is 31.9 Å². The molecule has 0 aromatic carbocycles. The Bertz CT molecular complexity index is 687. The molecule has 0 unspecified atom stereocenters. The minimum Gasteiger partial charge on any atom is -0.357 e. The van der Waals surface area contributed by atoms with E-state index < -0.39 is 14.6 Å². The number of aliphatic imine (C=N–C) groups is 1. The molecule has 1 aliphatic rings. The first kappa shape index (κ1) is 22.1. The van der Waals surface area contributed by atoms with Gasteiger partial charge in [0.2, 0.25) is 5.89 Å². The molecule has 25 heavy (non-hydrogen) atoms. The number of guanidine groups is 1. The monoisotopic (exact) mass is 485 g/mol. The van der Waals surface area contributed by atoms with Crippen molar-refractivity contribution in [1.82, 2.24) is 20.4 Å². The Hall–Kier alpha value is -0.910. The van der Waals surface area contributed by atoms with E-state index in [4.69, 9.17) is 4.52 Å². The van der Waals surface area contributed by atoms with Crippen molar-refractivity contribution in [3.05, 3.63) is 11.7 Å². The molecule has 0 spiro atoms. The average Bonchev–Trinajstić information content (AvgIpc) is 2.97. The number of sulfone groups is 1. The molecule has 2 heterocycles. The molecule has 1 fully saturated rings. The molecule has 1 N–H and O–H groups in total. The van der Waals surface area contributed by atoms with Gasteiger partial charge in [-0.15, -0.1) is 24.0 Å². The maximum atomic E-state index is 12.1. The number of rotatable bonds is 5. The second-order valence-electron chi connectivity index (χ2n) is 6.44. The Morgan fingerprint density at radius 1 is 1.40 bits per heavy atom. The minimum atomic E-state index is -3.06. The van der Waals surface area contributed by atoms with Gasteiger partial charge in [-0.25, -0.2) is 8.42 Å². The number of hydrogen-bond acceptors (Lipinski definition) is 6. The first-order valence-corrected chi connectivity index (χ1v) is 10.0. The number of hydrogen-bond donors (Lipinski definition) is 1. The van der Waals surface area contributed by atoms with E-state index >= 15 is 0 Å². The van der Waals surface area contributed by atoms with Crippen molar-refractivity contribution < 1.29 is 12.9 Å². The van der Waals surface area contributed by atoms with Crippen LogP contribution in [-0.4, -0.2) is 66.1 Å². The third-order valence-electron chi connectivity index (χ3n) is 4.09. The van der Waals surface area contributed by atoms with Crippen molar-refractivity contribution in [1.29, 1.82) is 0 Å².